The minimum Gasteiger partial charge on any atom is -0.349 e. The van der Waals surface area contributed by atoms with Gasteiger partial charge in [-0.25, -0.2) is 4.98 Å². The van der Waals surface area contributed by atoms with E-state index in [-0.39, 0.29) is 24.9 Å². The van der Waals surface area contributed by atoms with Crippen LogP contribution in [0.2, 0.25) is 0 Å². The molecule has 1 heterocycles. The summed E-state index contributed by atoms with van der Waals surface area (Å²) in [5, 5.41) is 2.74. The molecule has 1 N–H and O–H groups in total. The van der Waals surface area contributed by atoms with E-state index in [1.54, 1.807) is 17.1 Å². The van der Waals surface area contributed by atoms with Crippen LogP contribution in [0.5, 0.6) is 0 Å². The van der Waals surface area contributed by atoms with Gasteiger partial charge in [0.2, 0.25) is 11.8 Å². The number of hydrogen-bond donors (Lipinski definition) is 1. The Balaban J connectivity index is 2.32. The van der Waals surface area contributed by atoms with Crippen molar-refractivity contribution in [2.24, 2.45) is 0 Å². The molecule has 1 aromatic heterocycles. The summed E-state index contributed by atoms with van der Waals surface area (Å²) >= 11 is 0. The molecule has 0 radical (unpaired) electrons. The largest absolute Gasteiger partial charge is 0.349 e. The number of para-hydroxylation sites is 2. The number of aromatic nitrogens is 2. The zero-order chi connectivity index (χ0) is 17.5. The van der Waals surface area contributed by atoms with Crippen LogP contribution in [-0.4, -0.2) is 39.4 Å². The van der Waals surface area contributed by atoms with E-state index >= 15 is 0 Å². The Hall–Kier alpha value is -2.89. The average molecular weight is 326 g/mol. The first-order valence-corrected chi connectivity index (χ1v) is 7.75. The van der Waals surface area contributed by atoms with E-state index < -0.39 is 0 Å². The Kier molecular flexibility index (Phi) is 5.89. The fourth-order valence-electron chi connectivity index (χ4n) is 2.47. The maximum atomic E-state index is 12.6. The maximum absolute atomic E-state index is 12.6. The average Bonchev–Trinajstić information content (AvgIpc) is 2.90. The zero-order valence-electron chi connectivity index (χ0n) is 13.9. The van der Waals surface area contributed by atoms with Crippen molar-refractivity contribution in [3.05, 3.63) is 55.4 Å². The quantitative estimate of drug-likeness (QED) is 0.753. The summed E-state index contributed by atoms with van der Waals surface area (Å²) in [5.41, 5.74) is 1.66. The van der Waals surface area contributed by atoms with Gasteiger partial charge in [0.15, 0.2) is 0 Å². The van der Waals surface area contributed by atoms with Crippen LogP contribution in [0, 0.1) is 0 Å². The van der Waals surface area contributed by atoms with Gasteiger partial charge in [-0.15, -0.1) is 13.2 Å². The number of amides is 2. The SMILES string of the molecule is C=CCN(CC=C)C(=O)Cn1c(CNC(C)=O)nc2ccccc21. The summed E-state index contributed by atoms with van der Waals surface area (Å²) in [6.07, 6.45) is 3.37. The molecule has 1 aromatic carbocycles. The first-order valence-electron chi connectivity index (χ1n) is 7.75. The van der Waals surface area contributed by atoms with Crippen molar-refractivity contribution in [1.29, 1.82) is 0 Å². The second kappa shape index (κ2) is 8.10. The molecule has 2 aromatic rings. The van der Waals surface area contributed by atoms with Crippen LogP contribution in [0.25, 0.3) is 11.0 Å². The Morgan fingerprint density at radius 1 is 1.25 bits per heavy atom. The molecule has 24 heavy (non-hydrogen) atoms. The molecule has 6 nitrogen and oxygen atoms in total. The molecule has 126 valence electrons. The van der Waals surface area contributed by atoms with Gasteiger partial charge in [-0.05, 0) is 12.1 Å². The van der Waals surface area contributed by atoms with Crippen molar-refractivity contribution < 1.29 is 9.59 Å². The molecule has 0 aliphatic rings. The third-order valence-corrected chi connectivity index (χ3v) is 3.57. The molecule has 0 fully saturated rings. The summed E-state index contributed by atoms with van der Waals surface area (Å²) in [6, 6.07) is 7.60. The highest BCUT2D eigenvalue weighted by molar-refractivity contribution is 5.81. The molecule has 2 rings (SSSR count). The maximum Gasteiger partial charge on any atom is 0.243 e. The van der Waals surface area contributed by atoms with Crippen LogP contribution in [0.4, 0.5) is 0 Å². The van der Waals surface area contributed by atoms with Crippen molar-refractivity contribution in [2.75, 3.05) is 13.1 Å². The highest BCUT2D eigenvalue weighted by Gasteiger charge is 2.17. The van der Waals surface area contributed by atoms with E-state index in [4.69, 9.17) is 0 Å². The minimum atomic E-state index is -0.139. The third-order valence-electron chi connectivity index (χ3n) is 3.57. The second-order valence-corrected chi connectivity index (χ2v) is 5.39. The van der Waals surface area contributed by atoms with Gasteiger partial charge < -0.3 is 14.8 Å². The number of rotatable bonds is 8. The molecule has 2 amide bonds. The van der Waals surface area contributed by atoms with Gasteiger partial charge in [-0.2, -0.15) is 0 Å². The van der Waals surface area contributed by atoms with Gasteiger partial charge >= 0.3 is 0 Å². The van der Waals surface area contributed by atoms with Crippen molar-refractivity contribution in [3.63, 3.8) is 0 Å². The molecule has 0 saturated carbocycles. The predicted molar refractivity (Wildman–Crippen MR) is 94.2 cm³/mol. The lowest BCUT2D eigenvalue weighted by Gasteiger charge is -2.20. The van der Waals surface area contributed by atoms with Crippen LogP contribution in [0.1, 0.15) is 12.7 Å². The van der Waals surface area contributed by atoms with Crippen molar-refractivity contribution >= 4 is 22.8 Å². The van der Waals surface area contributed by atoms with E-state index in [0.717, 1.165) is 11.0 Å². The van der Waals surface area contributed by atoms with E-state index in [1.807, 2.05) is 28.8 Å². The Morgan fingerprint density at radius 2 is 1.92 bits per heavy atom. The molecule has 0 unspecified atom stereocenters. The Morgan fingerprint density at radius 3 is 2.54 bits per heavy atom. The van der Waals surface area contributed by atoms with Crippen molar-refractivity contribution in [2.45, 2.75) is 20.0 Å². The molecule has 0 saturated heterocycles. The second-order valence-electron chi connectivity index (χ2n) is 5.39. The number of nitrogens with one attached hydrogen (secondary N) is 1. The molecular weight excluding hydrogens is 304 g/mol. The number of imidazole rings is 1. The summed E-state index contributed by atoms with van der Waals surface area (Å²) in [6.45, 7) is 10.2. The Bertz CT molecular complexity index is 753. The molecule has 0 atom stereocenters. The summed E-state index contributed by atoms with van der Waals surface area (Å²) in [5.74, 6) is 0.457. The lowest BCUT2D eigenvalue weighted by atomic mass is 10.3. The van der Waals surface area contributed by atoms with Gasteiger partial charge in [0, 0.05) is 20.0 Å². The van der Waals surface area contributed by atoms with Crippen molar-refractivity contribution in [3.8, 4) is 0 Å². The highest BCUT2D eigenvalue weighted by atomic mass is 16.2. The predicted octanol–water partition coefficient (Wildman–Crippen LogP) is 1.87. The minimum absolute atomic E-state index is 0.0537. The van der Waals surface area contributed by atoms with Crippen LogP contribution >= 0.6 is 0 Å². The topological polar surface area (TPSA) is 67.2 Å². The normalized spacial score (nSPS) is 10.4. The van der Waals surface area contributed by atoms with Crippen LogP contribution in [-0.2, 0) is 22.7 Å². The lowest BCUT2D eigenvalue weighted by Crippen LogP contribution is -2.35. The number of nitrogens with zero attached hydrogens (tertiary/aromatic N) is 3. The standard InChI is InChI=1S/C18H22N4O2/c1-4-10-21(11-5-2)18(24)13-22-16-9-7-6-8-15(16)20-17(22)12-19-14(3)23/h4-9H,1-2,10-13H2,3H3,(H,19,23). The molecule has 0 bridgehead atoms. The van der Waals surface area contributed by atoms with Gasteiger partial charge in [-0.1, -0.05) is 24.3 Å². The number of fused-ring (bicyclic) bond motifs is 1. The number of hydrogen-bond acceptors (Lipinski definition) is 3. The van der Waals surface area contributed by atoms with E-state index in [9.17, 15) is 9.59 Å². The zero-order valence-corrected chi connectivity index (χ0v) is 13.9. The smallest absolute Gasteiger partial charge is 0.243 e. The molecule has 0 spiro atoms. The first-order chi connectivity index (χ1) is 11.6. The van der Waals surface area contributed by atoms with Crippen molar-refractivity contribution in [1.82, 2.24) is 19.8 Å². The van der Waals surface area contributed by atoms with Crippen LogP contribution in [0.15, 0.2) is 49.6 Å². The Labute approximate surface area is 141 Å². The van der Waals surface area contributed by atoms with Crippen LogP contribution < -0.4 is 5.32 Å². The van der Waals surface area contributed by atoms with Gasteiger partial charge in [-0.3, -0.25) is 9.59 Å². The number of benzene rings is 1. The summed E-state index contributed by atoms with van der Waals surface area (Å²) in [4.78, 5) is 30.0. The van der Waals surface area contributed by atoms with Gasteiger partial charge in [0.1, 0.15) is 12.4 Å². The first kappa shape index (κ1) is 17.5. The van der Waals surface area contributed by atoms with Gasteiger partial charge in [0.25, 0.3) is 0 Å². The lowest BCUT2D eigenvalue weighted by molar-refractivity contribution is -0.130. The third kappa shape index (κ3) is 4.10. The fourth-order valence-corrected chi connectivity index (χ4v) is 2.47. The molecule has 6 heteroatoms. The number of carbonyl (C=O) groups excluding carboxylic acids is 2. The molecular formula is C18H22N4O2. The molecule has 0 aliphatic heterocycles. The van der Waals surface area contributed by atoms with E-state index in [0.29, 0.717) is 18.9 Å². The fraction of sp³-hybridized carbons (Fsp3) is 0.278. The summed E-state index contributed by atoms with van der Waals surface area (Å²) < 4.78 is 1.84. The van der Waals surface area contributed by atoms with E-state index in [1.165, 1.54) is 6.92 Å². The van der Waals surface area contributed by atoms with Gasteiger partial charge in [0.05, 0.1) is 17.6 Å². The summed E-state index contributed by atoms with van der Waals surface area (Å²) in [7, 11) is 0. The number of carbonyl (C=O) groups is 2. The van der Waals surface area contributed by atoms with Crippen LogP contribution in [0.3, 0.4) is 0 Å². The van der Waals surface area contributed by atoms with E-state index in [2.05, 4.69) is 23.5 Å². The highest BCUT2D eigenvalue weighted by Crippen LogP contribution is 2.16. The molecule has 0 aliphatic carbocycles. The monoisotopic (exact) mass is 326 g/mol.